The first kappa shape index (κ1) is 17.6. The third-order valence-electron chi connectivity index (χ3n) is 3.17. The van der Waals surface area contributed by atoms with E-state index in [1.807, 2.05) is 0 Å². The molecule has 1 nitrogen and oxygen atoms in total. The Hall–Kier alpha value is -2.75. The number of allylic oxidation sites excluding steroid dienone is 1. The van der Waals surface area contributed by atoms with Gasteiger partial charge in [-0.05, 0) is 41.5 Å². The van der Waals surface area contributed by atoms with Crippen molar-refractivity contribution in [1.29, 1.82) is 5.26 Å². The van der Waals surface area contributed by atoms with Crippen molar-refractivity contribution >= 4 is 11.6 Å². The van der Waals surface area contributed by atoms with E-state index in [0.29, 0.717) is 0 Å². The molecule has 0 saturated carbocycles. The summed E-state index contributed by atoms with van der Waals surface area (Å²) >= 11 is 0. The number of nitrogens with zero attached hydrogens (tertiary/aromatic N) is 1. The van der Waals surface area contributed by atoms with Crippen molar-refractivity contribution in [2.45, 2.75) is 12.4 Å². The summed E-state index contributed by atoms with van der Waals surface area (Å²) in [4.78, 5) is 0. The Labute approximate surface area is 133 Å². The summed E-state index contributed by atoms with van der Waals surface area (Å²) in [6.45, 7) is 0. The van der Waals surface area contributed by atoms with Gasteiger partial charge in [0.15, 0.2) is 0 Å². The molecule has 0 fully saturated rings. The first-order chi connectivity index (χ1) is 11.1. The lowest BCUT2D eigenvalue weighted by Gasteiger charge is -2.08. The zero-order valence-electron chi connectivity index (χ0n) is 11.9. The molecule has 124 valence electrons. The molecule has 0 aliphatic carbocycles. The second-order valence-electron chi connectivity index (χ2n) is 4.87. The van der Waals surface area contributed by atoms with Gasteiger partial charge in [0.1, 0.15) is 0 Å². The fraction of sp³-hybridized carbons (Fsp3) is 0.118. The highest BCUT2D eigenvalue weighted by molar-refractivity contribution is 5.89. The van der Waals surface area contributed by atoms with Crippen molar-refractivity contribution in [3.63, 3.8) is 0 Å². The van der Waals surface area contributed by atoms with Crippen molar-refractivity contribution in [2.24, 2.45) is 0 Å². The van der Waals surface area contributed by atoms with E-state index in [9.17, 15) is 26.3 Å². The number of benzene rings is 2. The number of rotatable bonds is 2. The lowest BCUT2D eigenvalue weighted by molar-refractivity contribution is -0.138. The van der Waals surface area contributed by atoms with Gasteiger partial charge < -0.3 is 0 Å². The van der Waals surface area contributed by atoms with Crippen LogP contribution in [0.1, 0.15) is 22.3 Å². The molecule has 0 aliphatic rings. The highest BCUT2D eigenvalue weighted by Crippen LogP contribution is 2.32. The molecule has 0 bridgehead atoms. The summed E-state index contributed by atoms with van der Waals surface area (Å²) in [5.74, 6) is 0. The number of alkyl halides is 6. The van der Waals surface area contributed by atoms with E-state index in [4.69, 9.17) is 5.26 Å². The highest BCUT2D eigenvalue weighted by Gasteiger charge is 2.31. The monoisotopic (exact) mass is 341 g/mol. The van der Waals surface area contributed by atoms with Crippen LogP contribution in [-0.4, -0.2) is 0 Å². The third kappa shape index (κ3) is 4.16. The van der Waals surface area contributed by atoms with Gasteiger partial charge in [-0.3, -0.25) is 0 Å². The Morgan fingerprint density at radius 3 is 1.92 bits per heavy atom. The quantitative estimate of drug-likeness (QED) is 0.385. The van der Waals surface area contributed by atoms with Gasteiger partial charge in [0.2, 0.25) is 0 Å². The second kappa shape index (κ2) is 6.40. The van der Waals surface area contributed by atoms with Crippen LogP contribution in [0.5, 0.6) is 0 Å². The molecule has 0 N–H and O–H groups in total. The van der Waals surface area contributed by atoms with Crippen LogP contribution >= 0.6 is 0 Å². The van der Waals surface area contributed by atoms with Gasteiger partial charge in [0.25, 0.3) is 0 Å². The van der Waals surface area contributed by atoms with Gasteiger partial charge in [-0.1, -0.05) is 24.3 Å². The Bertz CT molecular complexity index is 792. The summed E-state index contributed by atoms with van der Waals surface area (Å²) in [6, 6.07) is 9.92. The fourth-order valence-electron chi connectivity index (χ4n) is 1.98. The van der Waals surface area contributed by atoms with Gasteiger partial charge >= 0.3 is 12.4 Å². The molecular formula is C17H9F6N. The summed E-state index contributed by atoms with van der Waals surface area (Å²) in [5, 5.41) is 9.14. The highest BCUT2D eigenvalue weighted by atomic mass is 19.4. The molecule has 24 heavy (non-hydrogen) atoms. The van der Waals surface area contributed by atoms with Crippen LogP contribution in [0.15, 0.2) is 48.5 Å². The predicted molar refractivity (Wildman–Crippen MR) is 76.4 cm³/mol. The van der Waals surface area contributed by atoms with Crippen LogP contribution in [0.3, 0.4) is 0 Å². The van der Waals surface area contributed by atoms with Crippen LogP contribution in [0, 0.1) is 11.3 Å². The Morgan fingerprint density at radius 1 is 0.833 bits per heavy atom. The molecule has 0 amide bonds. The van der Waals surface area contributed by atoms with Crippen molar-refractivity contribution in [3.8, 4) is 6.07 Å². The second-order valence-corrected chi connectivity index (χ2v) is 4.87. The minimum atomic E-state index is -4.55. The molecule has 7 heteroatoms. The van der Waals surface area contributed by atoms with Crippen LogP contribution < -0.4 is 0 Å². The Morgan fingerprint density at radius 2 is 1.42 bits per heavy atom. The maximum atomic E-state index is 12.7. The molecule has 0 radical (unpaired) electrons. The van der Waals surface area contributed by atoms with Gasteiger partial charge in [0, 0.05) is 0 Å². The summed E-state index contributed by atoms with van der Waals surface area (Å²) < 4.78 is 75.6. The smallest absolute Gasteiger partial charge is 0.192 e. The fourth-order valence-corrected chi connectivity index (χ4v) is 1.98. The average Bonchev–Trinajstić information content (AvgIpc) is 2.51. The Kier molecular flexibility index (Phi) is 4.69. The zero-order valence-corrected chi connectivity index (χ0v) is 11.9. The van der Waals surface area contributed by atoms with E-state index in [1.165, 1.54) is 12.1 Å². The van der Waals surface area contributed by atoms with E-state index < -0.39 is 23.5 Å². The standard InChI is InChI=1S/C17H9F6N/c18-16(19,20)14-6-4-11(5-7-14)8-13(10-24)12-2-1-3-15(9-12)17(21,22)23/h1-9H. The van der Waals surface area contributed by atoms with E-state index >= 15 is 0 Å². The summed E-state index contributed by atoms with van der Waals surface area (Å²) in [7, 11) is 0. The van der Waals surface area contributed by atoms with Crippen molar-refractivity contribution in [1.82, 2.24) is 0 Å². The summed E-state index contributed by atoms with van der Waals surface area (Å²) in [6.07, 6.45) is -7.80. The number of hydrogen-bond acceptors (Lipinski definition) is 1. The molecule has 2 aromatic carbocycles. The van der Waals surface area contributed by atoms with Crippen molar-refractivity contribution in [3.05, 3.63) is 70.8 Å². The SMILES string of the molecule is N#CC(=Cc1ccc(C(F)(F)F)cc1)c1cccc(C(F)(F)F)c1. The molecule has 0 spiro atoms. The lowest BCUT2D eigenvalue weighted by atomic mass is 10.0. The number of nitriles is 1. The van der Waals surface area contributed by atoms with Gasteiger partial charge in [-0.2, -0.15) is 31.6 Å². The zero-order chi connectivity index (χ0) is 18.0. The third-order valence-corrected chi connectivity index (χ3v) is 3.17. The van der Waals surface area contributed by atoms with E-state index in [-0.39, 0.29) is 16.7 Å². The van der Waals surface area contributed by atoms with Gasteiger partial charge in [-0.15, -0.1) is 0 Å². The summed E-state index contributed by atoms with van der Waals surface area (Å²) in [5.41, 5.74) is -1.53. The molecule has 2 aromatic rings. The average molecular weight is 341 g/mol. The maximum absolute atomic E-state index is 12.7. The molecule has 0 saturated heterocycles. The molecule has 0 aromatic heterocycles. The number of halogens is 6. The largest absolute Gasteiger partial charge is 0.416 e. The van der Waals surface area contributed by atoms with Gasteiger partial charge in [0.05, 0.1) is 22.8 Å². The molecule has 0 unspecified atom stereocenters. The van der Waals surface area contributed by atoms with Gasteiger partial charge in [-0.25, -0.2) is 0 Å². The minimum absolute atomic E-state index is 0.0345. The number of hydrogen-bond donors (Lipinski definition) is 0. The normalized spacial score (nSPS) is 12.8. The van der Waals surface area contributed by atoms with Crippen molar-refractivity contribution in [2.75, 3.05) is 0 Å². The first-order valence-electron chi connectivity index (χ1n) is 6.58. The molecule has 0 heterocycles. The van der Waals surface area contributed by atoms with Crippen LogP contribution in [0.2, 0.25) is 0 Å². The minimum Gasteiger partial charge on any atom is -0.192 e. The molecule has 0 aliphatic heterocycles. The van der Waals surface area contributed by atoms with Crippen LogP contribution in [0.4, 0.5) is 26.3 Å². The first-order valence-corrected chi connectivity index (χ1v) is 6.58. The van der Waals surface area contributed by atoms with E-state index in [0.717, 1.165) is 42.5 Å². The molecular weight excluding hydrogens is 332 g/mol. The molecule has 2 rings (SSSR count). The topological polar surface area (TPSA) is 23.8 Å². The van der Waals surface area contributed by atoms with Crippen molar-refractivity contribution < 1.29 is 26.3 Å². The maximum Gasteiger partial charge on any atom is 0.416 e. The Balaban J connectivity index is 2.39. The predicted octanol–water partition coefficient (Wildman–Crippen LogP) is 5.79. The van der Waals surface area contributed by atoms with Crippen LogP contribution in [0.25, 0.3) is 11.6 Å². The lowest BCUT2D eigenvalue weighted by Crippen LogP contribution is -2.05. The van der Waals surface area contributed by atoms with E-state index in [1.54, 1.807) is 6.07 Å². The van der Waals surface area contributed by atoms with E-state index in [2.05, 4.69) is 0 Å². The molecule has 0 atom stereocenters. The van der Waals surface area contributed by atoms with Crippen LogP contribution in [-0.2, 0) is 12.4 Å².